The maximum absolute atomic E-state index is 13.3. The van der Waals surface area contributed by atoms with Crippen LogP contribution in [-0.4, -0.2) is 25.0 Å². The van der Waals surface area contributed by atoms with E-state index in [1.54, 1.807) is 42.1 Å². The molecule has 134 valence electrons. The number of benzene rings is 3. The Morgan fingerprint density at radius 3 is 2.50 bits per heavy atom. The maximum atomic E-state index is 13.3. The number of fused-ring (bicyclic) bond motifs is 1. The third-order valence-corrected chi connectivity index (χ3v) is 8.20. The molecular formula is C19H15Cl2NO2S2. The standard InChI is InChI=1S/C19H15Cl2NO2S2/c20-15-6-8-17(18(21)12-15)19-22(9-10-25-19)26(23,24)16-7-5-13-3-1-2-4-14(13)11-16/h1-8,11-12,19H,9-10H2/t19-/m1/s1. The van der Waals surface area contributed by atoms with Crippen molar-refractivity contribution in [3.8, 4) is 0 Å². The minimum atomic E-state index is -3.63. The summed E-state index contributed by atoms with van der Waals surface area (Å²) in [6.07, 6.45) is 0. The van der Waals surface area contributed by atoms with Crippen molar-refractivity contribution in [1.82, 2.24) is 4.31 Å². The second-order valence-corrected chi connectivity index (χ2v) is 9.94. The van der Waals surface area contributed by atoms with Gasteiger partial charge in [0.05, 0.1) is 10.3 Å². The Hall–Kier alpha value is -1.24. The smallest absolute Gasteiger partial charge is 0.207 e. The molecule has 7 heteroatoms. The number of hydrogen-bond acceptors (Lipinski definition) is 3. The van der Waals surface area contributed by atoms with Gasteiger partial charge in [0, 0.05) is 22.3 Å². The summed E-state index contributed by atoms with van der Waals surface area (Å²) in [5.74, 6) is 0.719. The van der Waals surface area contributed by atoms with Gasteiger partial charge in [-0.15, -0.1) is 11.8 Å². The Morgan fingerprint density at radius 1 is 0.962 bits per heavy atom. The lowest BCUT2D eigenvalue weighted by atomic mass is 10.1. The molecular weight excluding hydrogens is 409 g/mol. The van der Waals surface area contributed by atoms with E-state index >= 15 is 0 Å². The molecule has 26 heavy (non-hydrogen) atoms. The van der Waals surface area contributed by atoms with Crippen LogP contribution in [0.4, 0.5) is 0 Å². The topological polar surface area (TPSA) is 37.4 Å². The van der Waals surface area contributed by atoms with Gasteiger partial charge in [-0.25, -0.2) is 8.42 Å². The first-order chi connectivity index (χ1) is 12.5. The van der Waals surface area contributed by atoms with Crippen LogP contribution in [0, 0.1) is 0 Å². The maximum Gasteiger partial charge on any atom is 0.244 e. The van der Waals surface area contributed by atoms with Crippen LogP contribution < -0.4 is 0 Å². The molecule has 0 amide bonds. The highest BCUT2D eigenvalue weighted by Gasteiger charge is 2.37. The van der Waals surface area contributed by atoms with E-state index in [1.807, 2.05) is 30.3 Å². The van der Waals surface area contributed by atoms with Gasteiger partial charge >= 0.3 is 0 Å². The third kappa shape index (κ3) is 3.23. The molecule has 3 aromatic rings. The largest absolute Gasteiger partial charge is 0.244 e. The average Bonchev–Trinajstić information content (AvgIpc) is 3.11. The zero-order valence-electron chi connectivity index (χ0n) is 13.6. The fourth-order valence-corrected chi connectivity index (χ4v) is 6.99. The van der Waals surface area contributed by atoms with Crippen molar-refractivity contribution in [3.05, 3.63) is 76.3 Å². The summed E-state index contributed by atoms with van der Waals surface area (Å²) in [6.45, 7) is 0.448. The Balaban J connectivity index is 1.75. The molecule has 0 bridgehead atoms. The quantitative estimate of drug-likeness (QED) is 0.551. The van der Waals surface area contributed by atoms with Crippen molar-refractivity contribution in [2.45, 2.75) is 10.3 Å². The molecule has 3 nitrogen and oxygen atoms in total. The molecule has 3 aromatic carbocycles. The molecule has 0 unspecified atom stereocenters. The molecule has 0 aromatic heterocycles. The highest BCUT2D eigenvalue weighted by molar-refractivity contribution is 8.01. The van der Waals surface area contributed by atoms with Gasteiger partial charge in [0.15, 0.2) is 0 Å². The van der Waals surface area contributed by atoms with E-state index in [4.69, 9.17) is 23.2 Å². The lowest BCUT2D eigenvalue weighted by molar-refractivity contribution is 0.434. The Bertz CT molecular complexity index is 1090. The number of rotatable bonds is 3. The number of nitrogens with zero attached hydrogens (tertiary/aromatic N) is 1. The first-order valence-electron chi connectivity index (χ1n) is 8.04. The fraction of sp³-hybridized carbons (Fsp3) is 0.158. The van der Waals surface area contributed by atoms with Crippen molar-refractivity contribution < 1.29 is 8.42 Å². The molecule has 1 aliphatic heterocycles. The molecule has 0 aliphatic carbocycles. The van der Waals surface area contributed by atoms with E-state index in [0.717, 1.165) is 22.1 Å². The van der Waals surface area contributed by atoms with Gasteiger partial charge in [0.1, 0.15) is 0 Å². The summed E-state index contributed by atoms with van der Waals surface area (Å²) >= 11 is 13.9. The average molecular weight is 424 g/mol. The Kier molecular flexibility index (Phi) is 4.92. The van der Waals surface area contributed by atoms with Crippen LogP contribution in [0.25, 0.3) is 10.8 Å². The summed E-state index contributed by atoms with van der Waals surface area (Å²) in [5, 5.41) is 2.58. The Labute approximate surface area is 167 Å². The highest BCUT2D eigenvalue weighted by atomic mass is 35.5. The second-order valence-electron chi connectivity index (χ2n) is 6.01. The van der Waals surface area contributed by atoms with Crippen LogP contribution in [-0.2, 0) is 10.0 Å². The van der Waals surface area contributed by atoms with E-state index in [2.05, 4.69) is 0 Å². The summed E-state index contributed by atoms with van der Waals surface area (Å²) in [7, 11) is -3.63. The van der Waals surface area contributed by atoms with Crippen molar-refractivity contribution in [3.63, 3.8) is 0 Å². The third-order valence-electron chi connectivity index (χ3n) is 4.41. The minimum absolute atomic E-state index is 0.300. The van der Waals surface area contributed by atoms with Crippen LogP contribution in [0.2, 0.25) is 10.0 Å². The monoisotopic (exact) mass is 423 g/mol. The summed E-state index contributed by atoms with van der Waals surface area (Å²) in [6, 6.07) is 18.2. The van der Waals surface area contributed by atoms with E-state index < -0.39 is 10.0 Å². The second kappa shape index (κ2) is 7.06. The normalized spacial score (nSPS) is 18.5. The van der Waals surface area contributed by atoms with Gasteiger partial charge in [-0.1, -0.05) is 59.6 Å². The number of halogens is 2. The zero-order chi connectivity index (χ0) is 18.3. The van der Waals surface area contributed by atoms with Gasteiger partial charge in [-0.2, -0.15) is 4.31 Å². The van der Waals surface area contributed by atoms with Crippen molar-refractivity contribution in [2.75, 3.05) is 12.3 Å². The van der Waals surface area contributed by atoms with E-state index in [-0.39, 0.29) is 5.37 Å². The number of hydrogen-bond donors (Lipinski definition) is 0. The fourth-order valence-electron chi connectivity index (χ4n) is 3.11. The van der Waals surface area contributed by atoms with Crippen molar-refractivity contribution in [1.29, 1.82) is 0 Å². The lowest BCUT2D eigenvalue weighted by Gasteiger charge is -2.24. The van der Waals surface area contributed by atoms with Crippen molar-refractivity contribution in [2.24, 2.45) is 0 Å². The molecule has 0 saturated carbocycles. The lowest BCUT2D eigenvalue weighted by Crippen LogP contribution is -2.30. The molecule has 0 radical (unpaired) electrons. The summed E-state index contributed by atoms with van der Waals surface area (Å²) in [5.41, 5.74) is 0.767. The highest BCUT2D eigenvalue weighted by Crippen LogP contribution is 2.44. The molecule has 0 N–H and O–H groups in total. The molecule has 1 fully saturated rings. The molecule has 1 saturated heterocycles. The van der Waals surface area contributed by atoms with Crippen LogP contribution in [0.15, 0.2) is 65.6 Å². The molecule has 0 spiro atoms. The van der Waals surface area contributed by atoms with Crippen molar-refractivity contribution >= 4 is 55.8 Å². The zero-order valence-corrected chi connectivity index (χ0v) is 16.7. The van der Waals surface area contributed by atoms with Gasteiger partial charge < -0.3 is 0 Å². The van der Waals surface area contributed by atoms with E-state index in [9.17, 15) is 8.42 Å². The van der Waals surface area contributed by atoms with Crippen LogP contribution in [0.1, 0.15) is 10.9 Å². The summed E-state index contributed by atoms with van der Waals surface area (Å²) in [4.78, 5) is 0.300. The predicted octanol–water partition coefficient (Wildman–Crippen LogP) is 5.58. The van der Waals surface area contributed by atoms with E-state index in [0.29, 0.717) is 21.5 Å². The van der Waals surface area contributed by atoms with Gasteiger partial charge in [-0.05, 0) is 40.6 Å². The predicted molar refractivity (Wildman–Crippen MR) is 110 cm³/mol. The molecule has 1 atom stereocenters. The first-order valence-corrected chi connectivity index (χ1v) is 11.3. The van der Waals surface area contributed by atoms with E-state index in [1.165, 1.54) is 4.31 Å². The molecule has 4 rings (SSSR count). The van der Waals surface area contributed by atoms with Crippen LogP contribution >= 0.6 is 35.0 Å². The SMILES string of the molecule is O=S(=O)(c1ccc2ccccc2c1)N1CCS[C@@H]1c1ccc(Cl)cc1Cl. The number of sulfonamides is 1. The van der Waals surface area contributed by atoms with Gasteiger partial charge in [0.25, 0.3) is 0 Å². The molecule has 1 aliphatic rings. The van der Waals surface area contributed by atoms with Crippen LogP contribution in [0.5, 0.6) is 0 Å². The van der Waals surface area contributed by atoms with Gasteiger partial charge in [0.2, 0.25) is 10.0 Å². The first kappa shape index (κ1) is 18.1. The minimum Gasteiger partial charge on any atom is -0.207 e. The van der Waals surface area contributed by atoms with Gasteiger partial charge in [-0.3, -0.25) is 0 Å². The van der Waals surface area contributed by atoms with Crippen LogP contribution in [0.3, 0.4) is 0 Å². The summed E-state index contributed by atoms with van der Waals surface area (Å²) < 4.78 is 28.1. The Morgan fingerprint density at radius 2 is 1.73 bits per heavy atom. The number of thioether (sulfide) groups is 1. The molecule has 1 heterocycles.